The molecule has 3 aromatic rings. The summed E-state index contributed by atoms with van der Waals surface area (Å²) in [6.07, 6.45) is 7.49. The maximum absolute atomic E-state index is 14.0. The summed E-state index contributed by atoms with van der Waals surface area (Å²) >= 11 is 0. The zero-order valence-corrected chi connectivity index (χ0v) is 19.6. The van der Waals surface area contributed by atoms with E-state index in [9.17, 15) is 14.3 Å². The molecule has 0 amide bonds. The lowest BCUT2D eigenvalue weighted by Gasteiger charge is -2.49. The average Bonchev–Trinajstić information content (AvgIpc) is 2.81. The molecule has 5 rings (SSSR count). The Bertz CT molecular complexity index is 1280. The molecule has 4 heterocycles. The van der Waals surface area contributed by atoms with E-state index in [2.05, 4.69) is 32.3 Å². The lowest BCUT2D eigenvalue weighted by molar-refractivity contribution is 0.140. The highest BCUT2D eigenvalue weighted by atomic mass is 19.1. The number of nitrogens with one attached hydrogen (secondary N) is 1. The molecule has 34 heavy (non-hydrogen) atoms. The van der Waals surface area contributed by atoms with Gasteiger partial charge < -0.3 is 15.3 Å². The van der Waals surface area contributed by atoms with Gasteiger partial charge in [-0.2, -0.15) is 4.39 Å². The summed E-state index contributed by atoms with van der Waals surface area (Å²) in [5.41, 5.74) is 1.03. The minimum atomic E-state index is -0.648. The smallest absolute Gasteiger partial charge is 0.253 e. The Labute approximate surface area is 197 Å². The van der Waals surface area contributed by atoms with E-state index >= 15 is 0 Å². The average molecular weight is 465 g/mol. The van der Waals surface area contributed by atoms with Gasteiger partial charge in [0.15, 0.2) is 17.6 Å². The zero-order chi connectivity index (χ0) is 24.0. The van der Waals surface area contributed by atoms with Crippen molar-refractivity contribution < 1.29 is 9.50 Å². The van der Waals surface area contributed by atoms with Gasteiger partial charge in [0.1, 0.15) is 5.75 Å². The normalized spacial score (nSPS) is 24.1. The van der Waals surface area contributed by atoms with Crippen LogP contribution in [-0.2, 0) is 7.05 Å². The predicted octanol–water partition coefficient (Wildman–Crippen LogP) is 3.25. The summed E-state index contributed by atoms with van der Waals surface area (Å²) in [6, 6.07) is 8.31. The maximum Gasteiger partial charge on any atom is 0.253 e. The van der Waals surface area contributed by atoms with Crippen molar-refractivity contribution in [2.75, 3.05) is 11.9 Å². The molecule has 2 fully saturated rings. The lowest BCUT2D eigenvalue weighted by atomic mass is 9.75. The van der Waals surface area contributed by atoms with Crippen molar-refractivity contribution >= 4 is 5.82 Å². The number of rotatable bonds is 4. The van der Waals surface area contributed by atoms with Gasteiger partial charge in [0, 0.05) is 37.8 Å². The molecule has 2 aromatic heterocycles. The van der Waals surface area contributed by atoms with Crippen LogP contribution < -0.4 is 15.8 Å². The molecule has 2 aliphatic heterocycles. The van der Waals surface area contributed by atoms with Gasteiger partial charge in [-0.15, -0.1) is 10.2 Å². The van der Waals surface area contributed by atoms with Crippen LogP contribution in [-0.4, -0.2) is 49.5 Å². The first-order chi connectivity index (χ1) is 16.2. The van der Waals surface area contributed by atoms with Crippen molar-refractivity contribution in [2.45, 2.75) is 56.7 Å². The number of pyridine rings is 1. The predicted molar refractivity (Wildman–Crippen MR) is 128 cm³/mol. The first kappa shape index (κ1) is 22.5. The summed E-state index contributed by atoms with van der Waals surface area (Å²) in [7, 11) is 3.40. The van der Waals surface area contributed by atoms with E-state index < -0.39 is 11.5 Å². The van der Waals surface area contributed by atoms with Crippen LogP contribution in [0.2, 0.25) is 0 Å². The van der Waals surface area contributed by atoms with Crippen molar-refractivity contribution in [1.29, 1.82) is 0 Å². The van der Waals surface area contributed by atoms with Gasteiger partial charge >= 0.3 is 0 Å². The number of phenols is 1. The Morgan fingerprint density at radius 3 is 2.74 bits per heavy atom. The van der Waals surface area contributed by atoms with E-state index in [1.807, 2.05) is 7.05 Å². The van der Waals surface area contributed by atoms with Crippen LogP contribution in [0, 0.1) is 5.95 Å². The maximum atomic E-state index is 14.0. The van der Waals surface area contributed by atoms with Gasteiger partial charge in [0.05, 0.1) is 11.8 Å². The van der Waals surface area contributed by atoms with Crippen molar-refractivity contribution in [3.63, 3.8) is 0 Å². The zero-order valence-electron chi connectivity index (χ0n) is 19.6. The Hall–Kier alpha value is -3.33. The number of aromatic hydroxyl groups is 1. The van der Waals surface area contributed by atoms with Crippen molar-refractivity contribution in [3.8, 4) is 28.3 Å². The highest BCUT2D eigenvalue weighted by molar-refractivity contribution is 5.72. The fourth-order valence-electron chi connectivity index (χ4n) is 5.35. The van der Waals surface area contributed by atoms with Crippen LogP contribution in [0.15, 0.2) is 41.3 Å². The van der Waals surface area contributed by atoms with E-state index in [1.54, 1.807) is 18.3 Å². The second-order valence-electron chi connectivity index (χ2n) is 9.83. The number of benzene rings is 1. The molecular weight excluding hydrogens is 435 g/mol. The number of halogens is 1. The molecule has 2 N–H and O–H groups in total. The largest absolute Gasteiger partial charge is 0.507 e. The number of hydrogen-bond acceptors (Lipinski definition) is 7. The monoisotopic (exact) mass is 464 g/mol. The van der Waals surface area contributed by atoms with E-state index in [4.69, 9.17) is 0 Å². The molecular formula is C25H29FN6O2. The molecule has 2 saturated heterocycles. The molecule has 8 nitrogen and oxygen atoms in total. The molecule has 9 heteroatoms. The number of aromatic nitrogens is 4. The molecule has 2 aliphatic rings. The van der Waals surface area contributed by atoms with Crippen LogP contribution in [0.25, 0.3) is 22.5 Å². The number of hydrogen-bond donors (Lipinski definition) is 2. The molecule has 0 radical (unpaired) electrons. The molecule has 3 atom stereocenters. The van der Waals surface area contributed by atoms with Crippen LogP contribution >= 0.6 is 0 Å². The fraction of sp³-hybridized carbons (Fsp3) is 0.440. The Morgan fingerprint density at radius 1 is 1.24 bits per heavy atom. The van der Waals surface area contributed by atoms with E-state index in [0.717, 1.165) is 17.4 Å². The summed E-state index contributed by atoms with van der Waals surface area (Å²) in [6.45, 7) is 2.31. The highest BCUT2D eigenvalue weighted by Gasteiger charge is 2.40. The number of nitrogens with zero attached hydrogens (tertiary/aromatic N) is 5. The molecule has 0 unspecified atom stereocenters. The summed E-state index contributed by atoms with van der Waals surface area (Å²) in [5.74, 6) is 0.278. The van der Waals surface area contributed by atoms with E-state index in [1.165, 1.54) is 44.5 Å². The van der Waals surface area contributed by atoms with Crippen molar-refractivity contribution in [2.24, 2.45) is 7.05 Å². The van der Waals surface area contributed by atoms with Gasteiger partial charge in [0.25, 0.3) is 5.56 Å². The van der Waals surface area contributed by atoms with Gasteiger partial charge in [-0.05, 0) is 61.9 Å². The van der Waals surface area contributed by atoms with Gasteiger partial charge in [-0.25, -0.2) is 4.98 Å². The Balaban J connectivity index is 1.36. The molecule has 2 bridgehead atoms. The first-order valence-electron chi connectivity index (χ1n) is 11.6. The van der Waals surface area contributed by atoms with Gasteiger partial charge in [0.2, 0.25) is 0 Å². The van der Waals surface area contributed by atoms with E-state index in [-0.39, 0.29) is 11.3 Å². The summed E-state index contributed by atoms with van der Waals surface area (Å²) < 4.78 is 14.9. The number of phenolic OH excluding ortho intramolecular Hbond substituents is 1. The number of anilines is 1. The molecule has 178 valence electrons. The third-order valence-corrected chi connectivity index (χ3v) is 7.31. The molecule has 0 spiro atoms. The van der Waals surface area contributed by atoms with Crippen LogP contribution in [0.3, 0.4) is 0 Å². The quantitative estimate of drug-likeness (QED) is 0.572. The minimum absolute atomic E-state index is 0.0689. The first-order valence-corrected chi connectivity index (χ1v) is 11.6. The third kappa shape index (κ3) is 4.16. The lowest BCUT2D eigenvalue weighted by Crippen LogP contribution is -2.61. The Morgan fingerprint density at radius 2 is 2.06 bits per heavy atom. The molecule has 0 aliphatic carbocycles. The van der Waals surface area contributed by atoms with Crippen LogP contribution in [0.4, 0.5) is 10.2 Å². The molecule has 0 saturated carbocycles. The van der Waals surface area contributed by atoms with Gasteiger partial charge in [-0.3, -0.25) is 9.36 Å². The standard InChI is InChI=1S/C25H29FN6O2/c1-25-8-4-5-17(28-25)12-18(13-25)31(2)22-14-27-24(30-29-22)19-7-6-15(9-20(19)33)16-10-21(26)32(3)23(34)11-16/h6-7,9-11,14,17-18,28,33H,4-5,8,12-13H2,1-3H3/t17-,18-,25+/m0/s1. The molecule has 1 aromatic carbocycles. The minimum Gasteiger partial charge on any atom is -0.507 e. The van der Waals surface area contributed by atoms with Gasteiger partial charge in [-0.1, -0.05) is 12.5 Å². The summed E-state index contributed by atoms with van der Waals surface area (Å²) in [5, 5.41) is 23.0. The number of fused-ring (bicyclic) bond motifs is 2. The number of piperidine rings is 2. The van der Waals surface area contributed by atoms with Crippen LogP contribution in [0.5, 0.6) is 5.75 Å². The van der Waals surface area contributed by atoms with Crippen molar-refractivity contribution in [1.82, 2.24) is 25.1 Å². The Kier molecular flexibility index (Phi) is 5.59. The summed E-state index contributed by atoms with van der Waals surface area (Å²) in [4.78, 5) is 18.5. The topological polar surface area (TPSA) is 96.2 Å². The van der Waals surface area contributed by atoms with Crippen LogP contribution in [0.1, 0.15) is 39.0 Å². The highest BCUT2D eigenvalue weighted by Crippen LogP contribution is 2.36. The third-order valence-electron chi connectivity index (χ3n) is 7.31. The van der Waals surface area contributed by atoms with Crippen molar-refractivity contribution in [3.05, 3.63) is 52.8 Å². The second-order valence-corrected chi connectivity index (χ2v) is 9.83. The second kappa shape index (κ2) is 8.47. The fourth-order valence-corrected chi connectivity index (χ4v) is 5.35. The van der Waals surface area contributed by atoms with E-state index in [0.29, 0.717) is 40.4 Å². The SMILES string of the molecule is CN(c1cnc(-c2ccc(-c3cc(F)n(C)c(=O)c3)cc2O)nn1)[C@H]1C[C@@H]2CCC[C@](C)(C1)N2.